The summed E-state index contributed by atoms with van der Waals surface area (Å²) < 4.78 is 7.56. The second kappa shape index (κ2) is 7.14. The molecule has 0 saturated carbocycles. The Balaban J connectivity index is 1.74. The van der Waals surface area contributed by atoms with Crippen LogP contribution in [-0.2, 0) is 4.74 Å². The van der Waals surface area contributed by atoms with E-state index in [0.717, 1.165) is 12.1 Å². The molecule has 0 aliphatic carbocycles. The standard InChI is InChI=1S/C21H29N3O2/c1-15-6-8-17(9-7-15)24-19(10-12-22-24)18-11-13-23(14-16(18)2)20(25)26-21(3,4)5/h6-10,12,16,18H,11,13-14H2,1-5H3/t16-,18+/m0/s1. The highest BCUT2D eigenvalue weighted by Crippen LogP contribution is 2.34. The van der Waals surface area contributed by atoms with Gasteiger partial charge in [-0.15, -0.1) is 0 Å². The fourth-order valence-corrected chi connectivity index (χ4v) is 3.57. The molecule has 2 atom stereocenters. The maximum Gasteiger partial charge on any atom is 0.410 e. The van der Waals surface area contributed by atoms with Gasteiger partial charge in [0.15, 0.2) is 0 Å². The first-order chi connectivity index (χ1) is 12.2. The molecule has 1 aliphatic heterocycles. The van der Waals surface area contributed by atoms with E-state index in [1.54, 1.807) is 0 Å². The fraction of sp³-hybridized carbons (Fsp3) is 0.524. The summed E-state index contributed by atoms with van der Waals surface area (Å²) in [6, 6.07) is 10.5. The van der Waals surface area contributed by atoms with Crippen LogP contribution in [-0.4, -0.2) is 39.5 Å². The quantitative estimate of drug-likeness (QED) is 0.794. The number of ether oxygens (including phenoxy) is 1. The molecule has 5 nitrogen and oxygen atoms in total. The lowest BCUT2D eigenvalue weighted by Crippen LogP contribution is -2.44. The zero-order valence-corrected chi connectivity index (χ0v) is 16.4. The Hall–Kier alpha value is -2.30. The van der Waals surface area contributed by atoms with E-state index in [-0.39, 0.29) is 6.09 Å². The Morgan fingerprint density at radius 3 is 2.50 bits per heavy atom. The number of carbonyl (C=O) groups excluding carboxylic acids is 1. The SMILES string of the molecule is Cc1ccc(-n2nccc2[C@@H]2CCN(C(=O)OC(C)(C)C)C[C@@H]2C)cc1. The van der Waals surface area contributed by atoms with E-state index in [9.17, 15) is 4.79 Å². The second-order valence-corrected chi connectivity index (χ2v) is 8.30. The van der Waals surface area contributed by atoms with Gasteiger partial charge in [-0.05, 0) is 58.2 Å². The van der Waals surface area contributed by atoms with Crippen LogP contribution >= 0.6 is 0 Å². The topological polar surface area (TPSA) is 47.4 Å². The van der Waals surface area contributed by atoms with Crippen molar-refractivity contribution in [1.82, 2.24) is 14.7 Å². The van der Waals surface area contributed by atoms with Gasteiger partial charge in [0.05, 0.1) is 5.69 Å². The Bertz CT molecular complexity index is 758. The van der Waals surface area contributed by atoms with Gasteiger partial charge >= 0.3 is 6.09 Å². The number of amides is 1. The number of nitrogens with zero attached hydrogens (tertiary/aromatic N) is 3. The first-order valence-corrected chi connectivity index (χ1v) is 9.33. The summed E-state index contributed by atoms with van der Waals surface area (Å²) in [5.74, 6) is 0.717. The average molecular weight is 355 g/mol. The number of benzene rings is 1. The van der Waals surface area contributed by atoms with Crippen molar-refractivity contribution < 1.29 is 9.53 Å². The second-order valence-electron chi connectivity index (χ2n) is 8.30. The highest BCUT2D eigenvalue weighted by Gasteiger charge is 2.33. The minimum absolute atomic E-state index is 0.213. The molecule has 1 aliphatic rings. The van der Waals surface area contributed by atoms with Crippen molar-refractivity contribution in [1.29, 1.82) is 0 Å². The van der Waals surface area contributed by atoms with Crippen LogP contribution in [0, 0.1) is 12.8 Å². The van der Waals surface area contributed by atoms with Crippen LogP contribution < -0.4 is 0 Å². The maximum absolute atomic E-state index is 12.4. The molecule has 26 heavy (non-hydrogen) atoms. The predicted molar refractivity (Wildman–Crippen MR) is 103 cm³/mol. The molecule has 0 spiro atoms. The van der Waals surface area contributed by atoms with Gasteiger partial charge < -0.3 is 9.64 Å². The number of aromatic nitrogens is 2. The molecular weight excluding hydrogens is 326 g/mol. The third kappa shape index (κ3) is 4.09. The fourth-order valence-electron chi connectivity index (χ4n) is 3.57. The monoisotopic (exact) mass is 355 g/mol. The van der Waals surface area contributed by atoms with Gasteiger partial charge in [-0.3, -0.25) is 0 Å². The van der Waals surface area contributed by atoms with Crippen molar-refractivity contribution in [2.24, 2.45) is 5.92 Å². The Labute approximate surface area is 156 Å². The Morgan fingerprint density at radius 1 is 1.19 bits per heavy atom. The molecule has 0 bridgehead atoms. The Kier molecular flexibility index (Phi) is 5.08. The minimum Gasteiger partial charge on any atom is -0.444 e. The van der Waals surface area contributed by atoms with Crippen molar-refractivity contribution in [3.63, 3.8) is 0 Å². The molecular formula is C21H29N3O2. The summed E-state index contributed by atoms with van der Waals surface area (Å²) in [7, 11) is 0. The third-order valence-corrected chi connectivity index (χ3v) is 4.89. The maximum atomic E-state index is 12.4. The highest BCUT2D eigenvalue weighted by molar-refractivity contribution is 5.68. The summed E-state index contributed by atoms with van der Waals surface area (Å²) in [5, 5.41) is 4.54. The molecule has 0 unspecified atom stereocenters. The highest BCUT2D eigenvalue weighted by atomic mass is 16.6. The van der Waals surface area contributed by atoms with E-state index >= 15 is 0 Å². The minimum atomic E-state index is -0.457. The molecule has 0 radical (unpaired) electrons. The van der Waals surface area contributed by atoms with E-state index in [1.165, 1.54) is 11.3 Å². The van der Waals surface area contributed by atoms with Crippen LogP contribution in [0.5, 0.6) is 0 Å². The van der Waals surface area contributed by atoms with Gasteiger partial charge in [-0.1, -0.05) is 24.6 Å². The van der Waals surface area contributed by atoms with Crippen molar-refractivity contribution in [3.05, 3.63) is 47.8 Å². The van der Waals surface area contributed by atoms with Gasteiger partial charge in [0.1, 0.15) is 5.60 Å². The largest absolute Gasteiger partial charge is 0.444 e. The molecule has 2 heterocycles. The predicted octanol–water partition coefficient (Wildman–Crippen LogP) is 4.54. The molecule has 3 rings (SSSR count). The molecule has 2 aromatic rings. The lowest BCUT2D eigenvalue weighted by atomic mass is 9.84. The lowest BCUT2D eigenvalue weighted by Gasteiger charge is -2.37. The van der Waals surface area contributed by atoms with E-state index in [4.69, 9.17) is 4.74 Å². The van der Waals surface area contributed by atoms with E-state index < -0.39 is 5.60 Å². The van der Waals surface area contributed by atoms with Gasteiger partial charge in [0.2, 0.25) is 0 Å². The summed E-state index contributed by atoms with van der Waals surface area (Å²) in [6.07, 6.45) is 2.56. The number of rotatable bonds is 2. The average Bonchev–Trinajstić information content (AvgIpc) is 3.03. The Morgan fingerprint density at radius 2 is 1.88 bits per heavy atom. The van der Waals surface area contributed by atoms with E-state index in [2.05, 4.69) is 49.3 Å². The molecule has 1 fully saturated rings. The van der Waals surface area contributed by atoms with Gasteiger partial charge in [0, 0.05) is 30.9 Å². The van der Waals surface area contributed by atoms with Crippen LogP contribution in [0.1, 0.15) is 51.3 Å². The van der Waals surface area contributed by atoms with Crippen LogP contribution in [0.3, 0.4) is 0 Å². The van der Waals surface area contributed by atoms with E-state index in [0.29, 0.717) is 24.9 Å². The molecule has 1 amide bonds. The van der Waals surface area contributed by atoms with Crippen molar-refractivity contribution in [2.45, 2.75) is 52.6 Å². The molecule has 1 aromatic heterocycles. The summed E-state index contributed by atoms with van der Waals surface area (Å²) >= 11 is 0. The first kappa shape index (κ1) is 18.5. The summed E-state index contributed by atoms with van der Waals surface area (Å²) in [4.78, 5) is 14.2. The summed E-state index contributed by atoms with van der Waals surface area (Å²) in [5.41, 5.74) is 3.07. The van der Waals surface area contributed by atoms with Gasteiger partial charge in [-0.25, -0.2) is 9.48 Å². The number of piperidine rings is 1. The van der Waals surface area contributed by atoms with Crippen molar-refractivity contribution >= 4 is 6.09 Å². The normalized spacial score (nSPS) is 20.9. The zero-order valence-electron chi connectivity index (χ0n) is 16.4. The smallest absolute Gasteiger partial charge is 0.410 e. The number of hydrogen-bond acceptors (Lipinski definition) is 3. The molecule has 5 heteroatoms. The van der Waals surface area contributed by atoms with Crippen LogP contribution in [0.4, 0.5) is 4.79 Å². The van der Waals surface area contributed by atoms with Crippen molar-refractivity contribution in [3.8, 4) is 5.69 Å². The van der Waals surface area contributed by atoms with Gasteiger partial charge in [-0.2, -0.15) is 5.10 Å². The molecule has 0 N–H and O–H groups in total. The number of carbonyl (C=O) groups is 1. The first-order valence-electron chi connectivity index (χ1n) is 9.33. The van der Waals surface area contributed by atoms with Gasteiger partial charge in [0.25, 0.3) is 0 Å². The molecule has 140 valence electrons. The number of aryl methyl sites for hydroxylation is 1. The zero-order chi connectivity index (χ0) is 18.9. The third-order valence-electron chi connectivity index (χ3n) is 4.89. The number of likely N-dealkylation sites (tertiary alicyclic amines) is 1. The number of hydrogen-bond donors (Lipinski definition) is 0. The van der Waals surface area contributed by atoms with Crippen LogP contribution in [0.25, 0.3) is 5.69 Å². The summed E-state index contributed by atoms with van der Waals surface area (Å²) in [6.45, 7) is 11.4. The van der Waals surface area contributed by atoms with Crippen LogP contribution in [0.15, 0.2) is 36.5 Å². The van der Waals surface area contributed by atoms with Crippen LogP contribution in [0.2, 0.25) is 0 Å². The lowest BCUT2D eigenvalue weighted by molar-refractivity contribution is 0.0153. The molecule has 1 aromatic carbocycles. The molecule has 1 saturated heterocycles. The van der Waals surface area contributed by atoms with Crippen molar-refractivity contribution in [2.75, 3.05) is 13.1 Å². The van der Waals surface area contributed by atoms with E-state index in [1.807, 2.05) is 36.5 Å².